The van der Waals surface area contributed by atoms with Crippen molar-refractivity contribution in [1.29, 1.82) is 0 Å². The third-order valence-corrected chi connectivity index (χ3v) is 5.73. The van der Waals surface area contributed by atoms with Crippen LogP contribution in [-0.4, -0.2) is 30.5 Å². The normalized spacial score (nSPS) is 12.6. The fourth-order valence-electron chi connectivity index (χ4n) is 3.08. The van der Waals surface area contributed by atoms with Crippen LogP contribution in [0, 0.1) is 5.82 Å². The van der Waals surface area contributed by atoms with E-state index in [4.69, 9.17) is 16.3 Å². The highest BCUT2D eigenvalue weighted by atomic mass is 35.5. The van der Waals surface area contributed by atoms with Gasteiger partial charge < -0.3 is 10.1 Å². The van der Waals surface area contributed by atoms with Crippen molar-refractivity contribution >= 4 is 33.2 Å². The van der Waals surface area contributed by atoms with Crippen molar-refractivity contribution in [3.63, 3.8) is 0 Å². The second-order valence-electron chi connectivity index (χ2n) is 7.82. The molecule has 192 valence electrons. The zero-order valence-electron chi connectivity index (χ0n) is 19.1. The number of hydrogen-bond acceptors (Lipinski definition) is 6. The number of sulfonamides is 1. The van der Waals surface area contributed by atoms with Crippen molar-refractivity contribution < 1.29 is 31.1 Å². The van der Waals surface area contributed by atoms with Crippen LogP contribution in [0.3, 0.4) is 0 Å². The van der Waals surface area contributed by atoms with Gasteiger partial charge in [0.05, 0.1) is 23.6 Å². The van der Waals surface area contributed by atoms with Crippen molar-refractivity contribution in [1.82, 2.24) is 15.3 Å². The van der Waals surface area contributed by atoms with E-state index in [1.165, 1.54) is 25.1 Å². The van der Waals surface area contributed by atoms with Crippen molar-refractivity contribution in [3.8, 4) is 5.88 Å². The molecule has 0 fully saturated rings. The minimum absolute atomic E-state index is 0.0599. The van der Waals surface area contributed by atoms with E-state index in [1.807, 2.05) is 4.72 Å². The molecule has 2 N–H and O–H groups in total. The molecule has 0 aliphatic rings. The lowest BCUT2D eigenvalue weighted by Crippen LogP contribution is -2.28. The highest BCUT2D eigenvalue weighted by Gasteiger charge is 2.31. The third-order valence-electron chi connectivity index (χ3n) is 4.95. The lowest BCUT2D eigenvalue weighted by Gasteiger charge is -2.16. The number of nitrogens with zero attached hydrogens (tertiary/aromatic N) is 2. The number of nitrogens with one attached hydrogen (secondary N) is 2. The summed E-state index contributed by atoms with van der Waals surface area (Å²) in [6.45, 7) is 1.34. The third kappa shape index (κ3) is 7.56. The van der Waals surface area contributed by atoms with Crippen LogP contribution in [0.15, 0.2) is 54.7 Å². The number of rotatable bonds is 10. The molecule has 0 spiro atoms. The number of pyridine rings is 2. The van der Waals surface area contributed by atoms with Gasteiger partial charge in [-0.25, -0.2) is 17.8 Å². The number of aromatic nitrogens is 2. The van der Waals surface area contributed by atoms with Crippen LogP contribution in [-0.2, 0) is 33.4 Å². The minimum Gasteiger partial charge on any atom is -0.471 e. The predicted molar refractivity (Wildman–Crippen MR) is 128 cm³/mol. The molecule has 36 heavy (non-hydrogen) atoms. The molecule has 1 atom stereocenters. The number of halogens is 4. The SMILES string of the molecule is CC(C(=O)NCc1ccc(C(F)(F)Cl)nc1OCc1ccccn1)c1ccc(NS(C)(=O)=O)c(F)c1. The molecule has 0 aliphatic heterocycles. The number of carbonyl (C=O) groups is 1. The molecular weight excluding hydrogens is 521 g/mol. The van der Waals surface area contributed by atoms with Crippen molar-refractivity contribution in [2.75, 3.05) is 11.0 Å². The summed E-state index contributed by atoms with van der Waals surface area (Å²) < 4.78 is 71.7. The molecule has 8 nitrogen and oxygen atoms in total. The second kappa shape index (κ2) is 11.1. The van der Waals surface area contributed by atoms with Crippen LogP contribution in [0.25, 0.3) is 0 Å². The van der Waals surface area contributed by atoms with Gasteiger partial charge in [-0.1, -0.05) is 12.1 Å². The summed E-state index contributed by atoms with van der Waals surface area (Å²) in [6, 6.07) is 11.1. The van der Waals surface area contributed by atoms with Crippen LogP contribution >= 0.6 is 11.6 Å². The van der Waals surface area contributed by atoms with E-state index in [-0.39, 0.29) is 24.7 Å². The van der Waals surface area contributed by atoms with Gasteiger partial charge in [0.1, 0.15) is 18.1 Å². The number of ether oxygens (including phenoxy) is 1. The molecule has 0 aliphatic carbocycles. The molecule has 1 unspecified atom stereocenters. The molecule has 0 radical (unpaired) electrons. The second-order valence-corrected chi connectivity index (χ2v) is 10.0. The van der Waals surface area contributed by atoms with Crippen molar-refractivity contribution in [3.05, 3.63) is 83.1 Å². The Labute approximate surface area is 210 Å². The summed E-state index contributed by atoms with van der Waals surface area (Å²) in [5.74, 6) is -2.32. The van der Waals surface area contributed by atoms with Gasteiger partial charge in [0.25, 0.3) is 0 Å². The first-order valence-corrected chi connectivity index (χ1v) is 12.7. The lowest BCUT2D eigenvalue weighted by atomic mass is 9.99. The highest BCUT2D eigenvalue weighted by Crippen LogP contribution is 2.33. The fraction of sp³-hybridized carbons (Fsp3) is 0.261. The monoisotopic (exact) mass is 542 g/mol. The maximum Gasteiger partial charge on any atom is 0.364 e. The molecule has 2 aromatic heterocycles. The van der Waals surface area contributed by atoms with Gasteiger partial charge in [0.15, 0.2) is 0 Å². The molecule has 1 aromatic carbocycles. The van der Waals surface area contributed by atoms with E-state index < -0.39 is 38.7 Å². The average molecular weight is 543 g/mol. The van der Waals surface area contributed by atoms with Crippen LogP contribution in [0.2, 0.25) is 0 Å². The number of anilines is 1. The van der Waals surface area contributed by atoms with Crippen LogP contribution < -0.4 is 14.8 Å². The van der Waals surface area contributed by atoms with Gasteiger partial charge in [0, 0.05) is 18.3 Å². The van der Waals surface area contributed by atoms with Gasteiger partial charge in [-0.2, -0.15) is 8.78 Å². The molecule has 0 bridgehead atoms. The Morgan fingerprint density at radius 3 is 2.56 bits per heavy atom. The van der Waals surface area contributed by atoms with E-state index in [1.54, 1.807) is 24.4 Å². The Bertz CT molecular complexity index is 1340. The quantitative estimate of drug-likeness (QED) is 0.370. The first-order chi connectivity index (χ1) is 16.8. The Hall–Kier alpha value is -3.38. The Balaban J connectivity index is 1.73. The van der Waals surface area contributed by atoms with E-state index in [0.29, 0.717) is 16.8 Å². The fourth-order valence-corrected chi connectivity index (χ4v) is 3.75. The first kappa shape index (κ1) is 27.2. The number of benzene rings is 1. The smallest absolute Gasteiger partial charge is 0.364 e. The Morgan fingerprint density at radius 1 is 1.19 bits per heavy atom. The van der Waals surface area contributed by atoms with Crippen LogP contribution in [0.1, 0.15) is 35.4 Å². The van der Waals surface area contributed by atoms with Gasteiger partial charge in [-0.05, 0) is 60.5 Å². The maximum absolute atomic E-state index is 14.3. The van der Waals surface area contributed by atoms with E-state index in [0.717, 1.165) is 18.4 Å². The van der Waals surface area contributed by atoms with Gasteiger partial charge >= 0.3 is 5.38 Å². The zero-order chi connectivity index (χ0) is 26.5. The molecule has 13 heteroatoms. The first-order valence-electron chi connectivity index (χ1n) is 10.5. The van der Waals surface area contributed by atoms with Gasteiger partial charge in [-0.15, -0.1) is 0 Å². The standard InChI is InChI=1S/C23H22ClF3N4O4S/c1-14(15-6-8-19(18(25)11-15)31-36(2,33)34)21(32)29-12-16-7-9-20(23(24,26)27)30-22(16)35-13-17-5-3-4-10-28-17/h3-11,14,31H,12-13H2,1-2H3,(H,29,32). The summed E-state index contributed by atoms with van der Waals surface area (Å²) in [5, 5.41) is -1.08. The number of alkyl halides is 3. The van der Waals surface area contributed by atoms with Crippen LogP contribution in [0.5, 0.6) is 5.88 Å². The van der Waals surface area contributed by atoms with Gasteiger partial charge in [0.2, 0.25) is 21.8 Å². The molecule has 1 amide bonds. The lowest BCUT2D eigenvalue weighted by molar-refractivity contribution is -0.122. The molecule has 0 saturated heterocycles. The topological polar surface area (TPSA) is 110 Å². The number of hydrogen-bond donors (Lipinski definition) is 2. The Kier molecular flexibility index (Phi) is 8.41. The average Bonchev–Trinajstić information content (AvgIpc) is 2.81. The highest BCUT2D eigenvalue weighted by molar-refractivity contribution is 7.92. The summed E-state index contributed by atoms with van der Waals surface area (Å²) in [7, 11) is -3.67. The van der Waals surface area contributed by atoms with Gasteiger partial charge in [-0.3, -0.25) is 14.5 Å². The molecular formula is C23H22ClF3N4O4S. The summed E-state index contributed by atoms with van der Waals surface area (Å²) >= 11 is 5.09. The van der Waals surface area contributed by atoms with Crippen LogP contribution in [0.4, 0.5) is 18.9 Å². The number of amides is 1. The van der Waals surface area contributed by atoms with Crippen molar-refractivity contribution in [2.45, 2.75) is 31.4 Å². The predicted octanol–water partition coefficient (Wildman–Crippen LogP) is 4.27. The maximum atomic E-state index is 14.3. The molecule has 2 heterocycles. The van der Waals surface area contributed by atoms with E-state index >= 15 is 0 Å². The minimum atomic E-state index is -3.72. The number of carbonyl (C=O) groups excluding carboxylic acids is 1. The van der Waals surface area contributed by atoms with E-state index in [9.17, 15) is 26.4 Å². The van der Waals surface area contributed by atoms with Crippen molar-refractivity contribution in [2.24, 2.45) is 0 Å². The van der Waals surface area contributed by atoms with E-state index in [2.05, 4.69) is 15.3 Å². The summed E-state index contributed by atoms with van der Waals surface area (Å²) in [4.78, 5) is 20.6. The molecule has 3 aromatic rings. The zero-order valence-corrected chi connectivity index (χ0v) is 20.7. The summed E-state index contributed by atoms with van der Waals surface area (Å²) in [5.41, 5.74) is 0.162. The molecule has 3 rings (SSSR count). The molecule has 0 saturated carbocycles. The Morgan fingerprint density at radius 2 is 1.94 bits per heavy atom. The largest absolute Gasteiger partial charge is 0.471 e. The summed E-state index contributed by atoms with van der Waals surface area (Å²) in [6.07, 6.45) is 2.44.